The third kappa shape index (κ3) is 3.77. The molecule has 1 rings (SSSR count). The van der Waals surface area contributed by atoms with E-state index < -0.39 is 17.7 Å². The number of carboxylic acid groups (broad SMARTS) is 1. The van der Waals surface area contributed by atoms with Gasteiger partial charge in [0.05, 0.1) is 11.1 Å². The summed E-state index contributed by atoms with van der Waals surface area (Å²) in [6.45, 7) is 4.92. The second-order valence-electron chi connectivity index (χ2n) is 4.29. The van der Waals surface area contributed by atoms with Gasteiger partial charge in [0, 0.05) is 13.1 Å². The number of aromatic carboxylic acids is 1. The topological polar surface area (TPSA) is 57.6 Å². The van der Waals surface area contributed by atoms with E-state index in [0.717, 1.165) is 31.0 Å². The molecule has 0 aliphatic carbocycles. The van der Waals surface area contributed by atoms with E-state index in [0.29, 0.717) is 13.1 Å². The Morgan fingerprint density at radius 3 is 2.26 bits per heavy atom. The summed E-state index contributed by atoms with van der Waals surface area (Å²) in [5, 5.41) is 8.88. The van der Waals surface area contributed by atoms with Crippen molar-refractivity contribution in [2.45, 2.75) is 26.7 Å². The Morgan fingerprint density at radius 1 is 1.21 bits per heavy atom. The second kappa shape index (κ2) is 6.87. The van der Waals surface area contributed by atoms with Gasteiger partial charge in [-0.2, -0.15) is 0 Å². The maximum atomic E-state index is 13.7. The number of carbonyl (C=O) groups excluding carboxylic acids is 1. The number of halogens is 1. The lowest BCUT2D eigenvalue weighted by Gasteiger charge is -2.21. The monoisotopic (exact) mass is 267 g/mol. The minimum atomic E-state index is -1.17. The number of hydrogen-bond acceptors (Lipinski definition) is 2. The fraction of sp³-hybridized carbons (Fsp3) is 0.429. The van der Waals surface area contributed by atoms with Crippen molar-refractivity contribution in [1.29, 1.82) is 0 Å². The van der Waals surface area contributed by atoms with E-state index in [1.165, 1.54) is 0 Å². The summed E-state index contributed by atoms with van der Waals surface area (Å²) in [4.78, 5) is 24.6. The smallest absolute Gasteiger partial charge is 0.335 e. The third-order valence-corrected chi connectivity index (χ3v) is 2.72. The predicted octanol–water partition coefficient (Wildman–Crippen LogP) is 2.79. The Morgan fingerprint density at radius 2 is 1.79 bits per heavy atom. The SMILES string of the molecule is CCCN(CCC)C(=O)c1cc(C(=O)O)ccc1F. The Bertz CT molecular complexity index is 468. The quantitative estimate of drug-likeness (QED) is 0.862. The minimum absolute atomic E-state index is 0.0855. The summed E-state index contributed by atoms with van der Waals surface area (Å²) in [5.74, 6) is -2.32. The van der Waals surface area contributed by atoms with Gasteiger partial charge in [0.1, 0.15) is 5.82 Å². The highest BCUT2D eigenvalue weighted by molar-refractivity contribution is 5.97. The van der Waals surface area contributed by atoms with Crippen LogP contribution in [0.3, 0.4) is 0 Å². The molecule has 4 nitrogen and oxygen atoms in total. The molecule has 0 atom stereocenters. The Labute approximate surface area is 111 Å². The molecule has 0 unspecified atom stereocenters. The van der Waals surface area contributed by atoms with Gasteiger partial charge in [-0.25, -0.2) is 9.18 Å². The fourth-order valence-electron chi connectivity index (χ4n) is 1.85. The molecule has 0 bridgehead atoms. The zero-order chi connectivity index (χ0) is 14.4. The van der Waals surface area contributed by atoms with Crippen molar-refractivity contribution in [2.24, 2.45) is 0 Å². The summed E-state index contributed by atoms with van der Waals surface area (Å²) >= 11 is 0. The molecule has 1 aromatic rings. The first kappa shape index (κ1) is 15.1. The van der Waals surface area contributed by atoms with E-state index in [-0.39, 0.29) is 11.1 Å². The molecule has 104 valence electrons. The van der Waals surface area contributed by atoms with Crippen LogP contribution in [-0.2, 0) is 0 Å². The van der Waals surface area contributed by atoms with Gasteiger partial charge in [0.15, 0.2) is 0 Å². The summed E-state index contributed by atoms with van der Waals surface area (Å²) in [7, 11) is 0. The predicted molar refractivity (Wildman–Crippen MR) is 69.8 cm³/mol. The number of amides is 1. The third-order valence-electron chi connectivity index (χ3n) is 2.72. The zero-order valence-corrected chi connectivity index (χ0v) is 11.1. The van der Waals surface area contributed by atoms with E-state index in [2.05, 4.69) is 0 Å². The van der Waals surface area contributed by atoms with E-state index in [4.69, 9.17) is 5.11 Å². The average molecular weight is 267 g/mol. The molecule has 1 aromatic carbocycles. The number of nitrogens with zero attached hydrogens (tertiary/aromatic N) is 1. The molecule has 1 amide bonds. The van der Waals surface area contributed by atoms with E-state index in [1.807, 2.05) is 13.8 Å². The first-order chi connectivity index (χ1) is 9.01. The molecule has 0 fully saturated rings. The van der Waals surface area contributed by atoms with Gasteiger partial charge in [-0.05, 0) is 31.0 Å². The normalized spacial score (nSPS) is 10.3. The number of carboxylic acids is 1. The second-order valence-corrected chi connectivity index (χ2v) is 4.29. The van der Waals surface area contributed by atoms with Crippen LogP contribution in [0.15, 0.2) is 18.2 Å². The number of rotatable bonds is 6. The maximum Gasteiger partial charge on any atom is 0.335 e. The van der Waals surface area contributed by atoms with E-state index in [1.54, 1.807) is 4.90 Å². The molecule has 19 heavy (non-hydrogen) atoms. The van der Waals surface area contributed by atoms with Crippen LogP contribution < -0.4 is 0 Å². The highest BCUT2D eigenvalue weighted by atomic mass is 19.1. The van der Waals surface area contributed by atoms with Gasteiger partial charge >= 0.3 is 5.97 Å². The number of benzene rings is 1. The summed E-state index contributed by atoms with van der Waals surface area (Å²) in [5.41, 5.74) is -0.264. The molecular formula is C14H18FNO3. The highest BCUT2D eigenvalue weighted by Gasteiger charge is 2.19. The lowest BCUT2D eigenvalue weighted by atomic mass is 10.1. The van der Waals surface area contributed by atoms with Crippen LogP contribution in [0.1, 0.15) is 47.4 Å². The molecule has 0 aromatic heterocycles. The Balaban J connectivity index is 3.08. The van der Waals surface area contributed by atoms with Crippen LogP contribution in [-0.4, -0.2) is 35.0 Å². The molecular weight excluding hydrogens is 249 g/mol. The summed E-state index contributed by atoms with van der Waals surface area (Å²) in [6.07, 6.45) is 1.54. The lowest BCUT2D eigenvalue weighted by molar-refractivity contribution is 0.0697. The van der Waals surface area contributed by atoms with E-state index in [9.17, 15) is 14.0 Å². The van der Waals surface area contributed by atoms with Crippen molar-refractivity contribution < 1.29 is 19.1 Å². The van der Waals surface area contributed by atoms with Crippen LogP contribution in [0.2, 0.25) is 0 Å². The van der Waals surface area contributed by atoms with E-state index >= 15 is 0 Å². The van der Waals surface area contributed by atoms with Gasteiger partial charge in [0.2, 0.25) is 0 Å². The number of hydrogen-bond donors (Lipinski definition) is 1. The molecule has 0 aliphatic rings. The maximum absolute atomic E-state index is 13.7. The van der Waals surface area contributed by atoms with Gasteiger partial charge in [-0.15, -0.1) is 0 Å². The first-order valence-electron chi connectivity index (χ1n) is 6.33. The van der Waals surface area contributed by atoms with Crippen molar-refractivity contribution in [3.8, 4) is 0 Å². The van der Waals surface area contributed by atoms with Crippen molar-refractivity contribution >= 4 is 11.9 Å². The highest BCUT2D eigenvalue weighted by Crippen LogP contribution is 2.14. The van der Waals surface area contributed by atoms with Gasteiger partial charge in [-0.3, -0.25) is 4.79 Å². The Hall–Kier alpha value is -1.91. The number of carbonyl (C=O) groups is 2. The molecule has 0 radical (unpaired) electrons. The molecule has 0 spiro atoms. The molecule has 1 N–H and O–H groups in total. The van der Waals surface area contributed by atoms with Crippen LogP contribution in [0.25, 0.3) is 0 Å². The van der Waals surface area contributed by atoms with Gasteiger partial charge in [0.25, 0.3) is 5.91 Å². The summed E-state index contributed by atoms with van der Waals surface area (Å²) < 4.78 is 13.7. The zero-order valence-electron chi connectivity index (χ0n) is 11.1. The first-order valence-corrected chi connectivity index (χ1v) is 6.33. The van der Waals surface area contributed by atoms with Crippen molar-refractivity contribution in [2.75, 3.05) is 13.1 Å². The van der Waals surface area contributed by atoms with Crippen LogP contribution in [0.5, 0.6) is 0 Å². The largest absolute Gasteiger partial charge is 0.478 e. The standard InChI is InChI=1S/C14H18FNO3/c1-3-7-16(8-4-2)13(17)11-9-10(14(18)19)5-6-12(11)15/h5-6,9H,3-4,7-8H2,1-2H3,(H,18,19). The van der Waals surface area contributed by atoms with Gasteiger partial charge in [-0.1, -0.05) is 13.8 Å². The summed E-state index contributed by atoms with van der Waals surface area (Å²) in [6, 6.07) is 3.27. The van der Waals surface area contributed by atoms with Crippen LogP contribution >= 0.6 is 0 Å². The molecule has 0 saturated heterocycles. The molecule has 0 aliphatic heterocycles. The molecule has 0 saturated carbocycles. The fourth-order valence-corrected chi connectivity index (χ4v) is 1.85. The molecule has 0 heterocycles. The van der Waals surface area contributed by atoms with Crippen molar-refractivity contribution in [3.63, 3.8) is 0 Å². The molecule has 5 heteroatoms. The Kier molecular flexibility index (Phi) is 5.48. The van der Waals surface area contributed by atoms with Crippen LogP contribution in [0, 0.1) is 5.82 Å². The van der Waals surface area contributed by atoms with Gasteiger partial charge < -0.3 is 10.0 Å². The van der Waals surface area contributed by atoms with Crippen LogP contribution in [0.4, 0.5) is 4.39 Å². The lowest BCUT2D eigenvalue weighted by Crippen LogP contribution is -2.33. The average Bonchev–Trinajstić information content (AvgIpc) is 2.38. The van der Waals surface area contributed by atoms with Crippen molar-refractivity contribution in [1.82, 2.24) is 4.90 Å². The van der Waals surface area contributed by atoms with Crippen molar-refractivity contribution in [3.05, 3.63) is 35.1 Å². The minimum Gasteiger partial charge on any atom is -0.478 e.